The Hall–Kier alpha value is -1.10. The van der Waals surface area contributed by atoms with Crippen molar-refractivity contribution in [2.75, 3.05) is 19.6 Å². The Morgan fingerprint density at radius 1 is 1.53 bits per heavy atom. The molecule has 0 bridgehead atoms. The van der Waals surface area contributed by atoms with Crippen molar-refractivity contribution in [3.05, 3.63) is 0 Å². The lowest BCUT2D eigenvalue weighted by molar-refractivity contribution is -0.138. The predicted octanol–water partition coefficient (Wildman–Crippen LogP) is 0.0616. The largest absolute Gasteiger partial charge is 0.481 e. The van der Waals surface area contributed by atoms with Gasteiger partial charge in [-0.15, -0.1) is 0 Å². The van der Waals surface area contributed by atoms with E-state index in [0.29, 0.717) is 13.1 Å². The van der Waals surface area contributed by atoms with Gasteiger partial charge < -0.3 is 15.3 Å². The van der Waals surface area contributed by atoms with Crippen LogP contribution in [0.15, 0.2) is 0 Å². The van der Waals surface area contributed by atoms with Crippen LogP contribution in [0.5, 0.6) is 0 Å². The lowest BCUT2D eigenvalue weighted by atomic mass is 10.2. The molecular formula is C10H18N2O3. The number of carbonyl (C=O) groups excluding carboxylic acids is 1. The maximum atomic E-state index is 11.9. The van der Waals surface area contributed by atoms with Gasteiger partial charge in [-0.2, -0.15) is 0 Å². The van der Waals surface area contributed by atoms with Crippen LogP contribution in [0, 0.1) is 0 Å². The van der Waals surface area contributed by atoms with Crippen molar-refractivity contribution in [3.63, 3.8) is 0 Å². The van der Waals surface area contributed by atoms with Gasteiger partial charge in [-0.1, -0.05) is 0 Å². The third-order valence-electron chi connectivity index (χ3n) is 2.65. The lowest BCUT2D eigenvalue weighted by Gasteiger charge is -2.23. The number of carboxylic acid groups (broad SMARTS) is 1. The predicted molar refractivity (Wildman–Crippen MR) is 55.5 cm³/mol. The highest BCUT2D eigenvalue weighted by Crippen LogP contribution is 2.08. The summed E-state index contributed by atoms with van der Waals surface area (Å²) < 4.78 is 0. The first-order valence-corrected chi connectivity index (χ1v) is 5.39. The number of likely N-dealkylation sites (N-methyl/N-ethyl adjacent to an activating group) is 1. The fourth-order valence-electron chi connectivity index (χ4n) is 1.77. The van der Waals surface area contributed by atoms with Gasteiger partial charge in [-0.05, 0) is 26.3 Å². The van der Waals surface area contributed by atoms with Gasteiger partial charge in [-0.3, -0.25) is 9.59 Å². The molecule has 0 saturated carbocycles. The van der Waals surface area contributed by atoms with Gasteiger partial charge in [0.2, 0.25) is 5.91 Å². The number of nitrogens with one attached hydrogen (secondary N) is 1. The van der Waals surface area contributed by atoms with E-state index in [4.69, 9.17) is 5.11 Å². The lowest BCUT2D eigenvalue weighted by Crippen LogP contribution is -2.44. The van der Waals surface area contributed by atoms with Gasteiger partial charge in [-0.25, -0.2) is 0 Å². The highest BCUT2D eigenvalue weighted by Gasteiger charge is 2.25. The molecule has 1 aliphatic rings. The van der Waals surface area contributed by atoms with Gasteiger partial charge in [0.1, 0.15) is 0 Å². The van der Waals surface area contributed by atoms with E-state index in [0.717, 1.165) is 19.4 Å². The molecule has 0 aliphatic carbocycles. The number of carbonyl (C=O) groups is 2. The van der Waals surface area contributed by atoms with Crippen molar-refractivity contribution in [2.24, 2.45) is 0 Å². The van der Waals surface area contributed by atoms with E-state index < -0.39 is 5.97 Å². The highest BCUT2D eigenvalue weighted by molar-refractivity contribution is 5.82. The number of aliphatic carboxylic acids is 1. The van der Waals surface area contributed by atoms with Gasteiger partial charge in [0, 0.05) is 13.1 Å². The number of carboxylic acids is 1. The zero-order valence-corrected chi connectivity index (χ0v) is 9.03. The Bertz CT molecular complexity index is 237. The van der Waals surface area contributed by atoms with Crippen molar-refractivity contribution in [2.45, 2.75) is 32.2 Å². The molecule has 0 aromatic rings. The van der Waals surface area contributed by atoms with Crippen molar-refractivity contribution in [3.8, 4) is 0 Å². The first-order chi connectivity index (χ1) is 7.15. The van der Waals surface area contributed by atoms with Crippen LogP contribution >= 0.6 is 0 Å². The summed E-state index contributed by atoms with van der Waals surface area (Å²) in [6, 6.07) is -0.0984. The summed E-state index contributed by atoms with van der Waals surface area (Å²) in [5, 5.41) is 11.7. The maximum absolute atomic E-state index is 11.9. The van der Waals surface area contributed by atoms with Crippen molar-refractivity contribution >= 4 is 11.9 Å². The van der Waals surface area contributed by atoms with E-state index in [2.05, 4.69) is 5.32 Å². The summed E-state index contributed by atoms with van der Waals surface area (Å²) in [6.07, 6.45) is 1.90. The fourth-order valence-corrected chi connectivity index (χ4v) is 1.77. The molecule has 1 atom stereocenters. The Kier molecular flexibility index (Phi) is 4.55. The molecule has 1 fully saturated rings. The molecule has 5 nitrogen and oxygen atoms in total. The number of hydrogen-bond acceptors (Lipinski definition) is 3. The standard InChI is InChI=1S/C10H18N2O3/c1-2-12(7-5-9(13)14)10(15)8-4-3-6-11-8/h8,11H,2-7H2,1H3,(H,13,14)/t8-/m0/s1. The van der Waals surface area contributed by atoms with E-state index in [1.807, 2.05) is 6.92 Å². The monoisotopic (exact) mass is 214 g/mol. The van der Waals surface area contributed by atoms with Gasteiger partial charge >= 0.3 is 5.97 Å². The van der Waals surface area contributed by atoms with Crippen LogP contribution in [0.25, 0.3) is 0 Å². The molecule has 2 N–H and O–H groups in total. The second-order valence-corrected chi connectivity index (χ2v) is 3.71. The summed E-state index contributed by atoms with van der Waals surface area (Å²) >= 11 is 0. The Morgan fingerprint density at radius 3 is 2.73 bits per heavy atom. The molecule has 0 unspecified atom stereocenters. The third-order valence-corrected chi connectivity index (χ3v) is 2.65. The minimum absolute atomic E-state index is 0.0201. The zero-order valence-electron chi connectivity index (χ0n) is 9.03. The number of hydrogen-bond donors (Lipinski definition) is 2. The number of rotatable bonds is 5. The van der Waals surface area contributed by atoms with E-state index in [1.54, 1.807) is 4.90 Å². The van der Waals surface area contributed by atoms with Crippen LogP contribution in [-0.2, 0) is 9.59 Å². The quantitative estimate of drug-likeness (QED) is 0.679. The average Bonchev–Trinajstić information content (AvgIpc) is 2.70. The normalized spacial score (nSPS) is 20.2. The van der Waals surface area contributed by atoms with Gasteiger partial charge in [0.25, 0.3) is 0 Å². The number of amides is 1. The molecule has 1 aliphatic heterocycles. The average molecular weight is 214 g/mol. The van der Waals surface area contributed by atoms with Crippen molar-refractivity contribution in [1.82, 2.24) is 10.2 Å². The zero-order chi connectivity index (χ0) is 11.3. The summed E-state index contributed by atoms with van der Waals surface area (Å²) in [5.41, 5.74) is 0. The fraction of sp³-hybridized carbons (Fsp3) is 0.800. The van der Waals surface area contributed by atoms with Crippen LogP contribution in [-0.4, -0.2) is 47.6 Å². The molecule has 1 heterocycles. The van der Waals surface area contributed by atoms with Crippen LogP contribution in [0.4, 0.5) is 0 Å². The molecule has 1 rings (SSSR count). The molecule has 0 aromatic heterocycles. The van der Waals surface area contributed by atoms with Crippen molar-refractivity contribution in [1.29, 1.82) is 0 Å². The Labute approximate surface area is 89.4 Å². The van der Waals surface area contributed by atoms with E-state index in [9.17, 15) is 9.59 Å². The third kappa shape index (κ3) is 3.51. The van der Waals surface area contributed by atoms with Crippen LogP contribution in [0.2, 0.25) is 0 Å². The highest BCUT2D eigenvalue weighted by atomic mass is 16.4. The van der Waals surface area contributed by atoms with E-state index >= 15 is 0 Å². The van der Waals surface area contributed by atoms with Gasteiger partial charge in [0.05, 0.1) is 12.5 Å². The molecule has 0 radical (unpaired) electrons. The second kappa shape index (κ2) is 5.70. The minimum Gasteiger partial charge on any atom is -0.481 e. The molecular weight excluding hydrogens is 196 g/mol. The molecule has 0 spiro atoms. The first-order valence-electron chi connectivity index (χ1n) is 5.39. The van der Waals surface area contributed by atoms with Gasteiger partial charge in [0.15, 0.2) is 0 Å². The van der Waals surface area contributed by atoms with Crippen LogP contribution < -0.4 is 5.32 Å². The Balaban J connectivity index is 2.42. The summed E-state index contributed by atoms with van der Waals surface area (Å²) in [5.74, 6) is -0.822. The minimum atomic E-state index is -0.861. The molecule has 1 amide bonds. The first kappa shape index (κ1) is 12.0. The topological polar surface area (TPSA) is 69.6 Å². The number of nitrogens with zero attached hydrogens (tertiary/aromatic N) is 1. The Morgan fingerprint density at radius 2 is 2.27 bits per heavy atom. The maximum Gasteiger partial charge on any atom is 0.305 e. The van der Waals surface area contributed by atoms with E-state index in [1.165, 1.54) is 0 Å². The SMILES string of the molecule is CCN(CCC(=O)O)C(=O)[C@@H]1CCCN1. The van der Waals surface area contributed by atoms with Crippen LogP contribution in [0.3, 0.4) is 0 Å². The second-order valence-electron chi connectivity index (χ2n) is 3.71. The summed E-state index contributed by atoms with van der Waals surface area (Å²) in [6.45, 7) is 3.63. The molecule has 1 saturated heterocycles. The summed E-state index contributed by atoms with van der Waals surface area (Å²) in [4.78, 5) is 23.9. The molecule has 5 heteroatoms. The molecule has 0 aromatic carbocycles. The smallest absolute Gasteiger partial charge is 0.305 e. The van der Waals surface area contributed by atoms with Crippen LogP contribution in [0.1, 0.15) is 26.2 Å². The van der Waals surface area contributed by atoms with E-state index in [-0.39, 0.29) is 18.4 Å². The molecule has 86 valence electrons. The van der Waals surface area contributed by atoms with Crippen molar-refractivity contribution < 1.29 is 14.7 Å². The molecule has 15 heavy (non-hydrogen) atoms. The summed E-state index contributed by atoms with van der Waals surface area (Å²) in [7, 11) is 0.